The Morgan fingerprint density at radius 3 is 2.50 bits per heavy atom. The van der Waals surface area contributed by atoms with Crippen LogP contribution in [0.1, 0.15) is 25.7 Å². The SMILES string of the molecule is OCC1(NCC(O)COc2ccc(Br)cc2)CCCC1. The quantitative estimate of drug-likeness (QED) is 0.709. The fourth-order valence-electron chi connectivity index (χ4n) is 2.56. The van der Waals surface area contributed by atoms with Crippen molar-refractivity contribution < 1.29 is 14.9 Å². The van der Waals surface area contributed by atoms with Crippen LogP contribution in [0.2, 0.25) is 0 Å². The van der Waals surface area contributed by atoms with E-state index in [1.165, 1.54) is 0 Å². The Morgan fingerprint density at radius 2 is 1.90 bits per heavy atom. The molecule has 2 rings (SSSR count). The molecule has 1 saturated carbocycles. The molecule has 1 aliphatic rings. The maximum Gasteiger partial charge on any atom is 0.119 e. The lowest BCUT2D eigenvalue weighted by atomic mass is 9.99. The first kappa shape index (κ1) is 15.8. The Morgan fingerprint density at radius 1 is 1.25 bits per heavy atom. The van der Waals surface area contributed by atoms with Crippen LogP contribution in [-0.4, -0.2) is 41.6 Å². The highest BCUT2D eigenvalue weighted by molar-refractivity contribution is 9.10. The van der Waals surface area contributed by atoms with Gasteiger partial charge in [0.25, 0.3) is 0 Å². The largest absolute Gasteiger partial charge is 0.491 e. The number of β-amino-alcohol motifs (C(OH)–C–C–N with tert-alkyl or cyclic N) is 1. The van der Waals surface area contributed by atoms with Gasteiger partial charge in [-0.05, 0) is 37.1 Å². The number of nitrogens with one attached hydrogen (secondary N) is 1. The van der Waals surface area contributed by atoms with E-state index in [4.69, 9.17) is 4.74 Å². The van der Waals surface area contributed by atoms with Crippen LogP contribution in [-0.2, 0) is 0 Å². The van der Waals surface area contributed by atoms with Crippen LogP contribution >= 0.6 is 15.9 Å². The molecule has 0 spiro atoms. The van der Waals surface area contributed by atoms with Crippen molar-refractivity contribution in [2.75, 3.05) is 19.8 Å². The third-order valence-corrected chi connectivity index (χ3v) is 4.36. The predicted molar refractivity (Wildman–Crippen MR) is 81.9 cm³/mol. The fraction of sp³-hybridized carbons (Fsp3) is 0.600. The molecule has 0 saturated heterocycles. The molecule has 5 heteroatoms. The summed E-state index contributed by atoms with van der Waals surface area (Å²) >= 11 is 3.36. The van der Waals surface area contributed by atoms with Gasteiger partial charge in [0.2, 0.25) is 0 Å². The Bertz CT molecular complexity index is 404. The van der Waals surface area contributed by atoms with E-state index < -0.39 is 6.10 Å². The summed E-state index contributed by atoms with van der Waals surface area (Å²) in [5.41, 5.74) is -0.196. The van der Waals surface area contributed by atoms with E-state index in [2.05, 4.69) is 21.2 Å². The van der Waals surface area contributed by atoms with Crippen molar-refractivity contribution in [1.29, 1.82) is 0 Å². The van der Waals surface area contributed by atoms with Gasteiger partial charge >= 0.3 is 0 Å². The molecule has 1 fully saturated rings. The van der Waals surface area contributed by atoms with Crippen molar-refractivity contribution >= 4 is 15.9 Å². The van der Waals surface area contributed by atoms with Crippen LogP contribution in [0, 0.1) is 0 Å². The van der Waals surface area contributed by atoms with Crippen molar-refractivity contribution in [3.63, 3.8) is 0 Å². The smallest absolute Gasteiger partial charge is 0.119 e. The molecular weight excluding hydrogens is 322 g/mol. The lowest BCUT2D eigenvalue weighted by molar-refractivity contribution is 0.0850. The number of ether oxygens (including phenoxy) is 1. The Balaban J connectivity index is 1.72. The number of halogens is 1. The van der Waals surface area contributed by atoms with Gasteiger partial charge < -0.3 is 20.3 Å². The number of rotatable bonds is 7. The zero-order valence-electron chi connectivity index (χ0n) is 11.5. The first-order valence-corrected chi connectivity index (χ1v) is 7.85. The maximum absolute atomic E-state index is 9.96. The average molecular weight is 344 g/mol. The molecule has 1 unspecified atom stereocenters. The molecule has 1 aliphatic carbocycles. The number of hydrogen-bond donors (Lipinski definition) is 3. The van der Waals surface area contributed by atoms with Gasteiger partial charge in [-0.3, -0.25) is 0 Å². The molecule has 0 radical (unpaired) electrons. The molecule has 0 heterocycles. The van der Waals surface area contributed by atoms with Crippen molar-refractivity contribution in [1.82, 2.24) is 5.32 Å². The van der Waals surface area contributed by atoms with Crippen molar-refractivity contribution in [2.45, 2.75) is 37.3 Å². The van der Waals surface area contributed by atoms with Crippen LogP contribution in [0.25, 0.3) is 0 Å². The van der Waals surface area contributed by atoms with Crippen LogP contribution in [0.3, 0.4) is 0 Å². The minimum atomic E-state index is -0.581. The summed E-state index contributed by atoms with van der Waals surface area (Å²) in [7, 11) is 0. The van der Waals surface area contributed by atoms with E-state index in [9.17, 15) is 10.2 Å². The third-order valence-electron chi connectivity index (χ3n) is 3.83. The number of hydrogen-bond acceptors (Lipinski definition) is 4. The molecule has 1 atom stereocenters. The summed E-state index contributed by atoms with van der Waals surface area (Å²) < 4.78 is 6.53. The van der Waals surface area contributed by atoms with Gasteiger partial charge in [0.1, 0.15) is 18.5 Å². The highest BCUT2D eigenvalue weighted by Gasteiger charge is 2.32. The third kappa shape index (κ3) is 4.45. The van der Waals surface area contributed by atoms with Crippen LogP contribution in [0.5, 0.6) is 5.75 Å². The van der Waals surface area contributed by atoms with E-state index in [0.717, 1.165) is 35.9 Å². The molecular formula is C15H22BrNO3. The summed E-state index contributed by atoms with van der Waals surface area (Å²) in [4.78, 5) is 0. The lowest BCUT2D eigenvalue weighted by Crippen LogP contribution is -2.49. The second kappa shape index (κ2) is 7.41. The summed E-state index contributed by atoms with van der Waals surface area (Å²) in [6, 6.07) is 7.52. The standard InChI is InChI=1S/C15H22BrNO3/c16-12-3-5-14(6-4-12)20-10-13(19)9-17-15(11-18)7-1-2-8-15/h3-6,13,17-19H,1-2,7-11H2. The molecule has 0 aliphatic heterocycles. The summed E-state index contributed by atoms with van der Waals surface area (Å²) in [6.07, 6.45) is 3.65. The molecule has 0 aromatic heterocycles. The lowest BCUT2D eigenvalue weighted by Gasteiger charge is -2.29. The van der Waals surface area contributed by atoms with Gasteiger partial charge in [0, 0.05) is 16.6 Å². The van der Waals surface area contributed by atoms with E-state index in [0.29, 0.717) is 6.54 Å². The number of aliphatic hydroxyl groups is 2. The van der Waals surface area contributed by atoms with Crippen LogP contribution < -0.4 is 10.1 Å². The van der Waals surface area contributed by atoms with Crippen LogP contribution in [0.4, 0.5) is 0 Å². The summed E-state index contributed by atoms with van der Waals surface area (Å²) in [6.45, 7) is 0.820. The van der Waals surface area contributed by atoms with Gasteiger partial charge in [-0.25, -0.2) is 0 Å². The predicted octanol–water partition coefficient (Wildman–Crippen LogP) is 2.08. The molecule has 1 aromatic rings. The van der Waals surface area contributed by atoms with E-state index in [1.807, 2.05) is 24.3 Å². The highest BCUT2D eigenvalue weighted by Crippen LogP contribution is 2.28. The minimum absolute atomic E-state index is 0.132. The van der Waals surface area contributed by atoms with Gasteiger partial charge in [0.05, 0.1) is 6.61 Å². The number of benzene rings is 1. The molecule has 4 nitrogen and oxygen atoms in total. The normalized spacial score (nSPS) is 18.9. The second-order valence-electron chi connectivity index (χ2n) is 5.45. The van der Waals surface area contributed by atoms with Crippen molar-refractivity contribution in [3.05, 3.63) is 28.7 Å². The number of aliphatic hydroxyl groups excluding tert-OH is 2. The molecule has 0 bridgehead atoms. The monoisotopic (exact) mass is 343 g/mol. The Labute approximate surface area is 128 Å². The first-order chi connectivity index (χ1) is 9.63. The van der Waals surface area contributed by atoms with Gasteiger partial charge in [-0.1, -0.05) is 28.8 Å². The summed E-state index contributed by atoms with van der Waals surface area (Å²) in [5, 5.41) is 22.7. The molecule has 1 aromatic carbocycles. The van der Waals surface area contributed by atoms with Crippen molar-refractivity contribution in [2.24, 2.45) is 0 Å². The topological polar surface area (TPSA) is 61.7 Å². The molecule has 20 heavy (non-hydrogen) atoms. The highest BCUT2D eigenvalue weighted by atomic mass is 79.9. The maximum atomic E-state index is 9.96. The molecule has 112 valence electrons. The van der Waals surface area contributed by atoms with E-state index in [1.54, 1.807) is 0 Å². The summed E-state index contributed by atoms with van der Waals surface area (Å²) in [5.74, 6) is 0.741. The zero-order valence-corrected chi connectivity index (χ0v) is 13.1. The van der Waals surface area contributed by atoms with Crippen molar-refractivity contribution in [3.8, 4) is 5.75 Å². The molecule has 3 N–H and O–H groups in total. The van der Waals surface area contributed by atoms with Gasteiger partial charge in [-0.15, -0.1) is 0 Å². The van der Waals surface area contributed by atoms with Crippen LogP contribution in [0.15, 0.2) is 28.7 Å². The average Bonchev–Trinajstić information content (AvgIpc) is 2.94. The first-order valence-electron chi connectivity index (χ1n) is 7.06. The Kier molecular flexibility index (Phi) is 5.84. The van der Waals surface area contributed by atoms with Gasteiger partial charge in [-0.2, -0.15) is 0 Å². The molecule has 0 amide bonds. The second-order valence-corrected chi connectivity index (χ2v) is 6.36. The fourth-order valence-corrected chi connectivity index (χ4v) is 2.82. The van der Waals surface area contributed by atoms with Gasteiger partial charge in [0.15, 0.2) is 0 Å². The van der Waals surface area contributed by atoms with E-state index in [-0.39, 0.29) is 18.8 Å². The Hall–Kier alpha value is -0.620. The van der Waals surface area contributed by atoms with E-state index >= 15 is 0 Å². The zero-order chi connectivity index (χ0) is 14.4. The minimum Gasteiger partial charge on any atom is -0.491 e.